The molecule has 3 unspecified atom stereocenters. The van der Waals surface area contributed by atoms with Crippen molar-refractivity contribution in [3.05, 3.63) is 0 Å². The molecule has 3 nitrogen and oxygen atoms in total. The Bertz CT molecular complexity index is 277. The van der Waals surface area contributed by atoms with E-state index in [-0.39, 0.29) is 0 Å². The van der Waals surface area contributed by atoms with Gasteiger partial charge in [0.15, 0.2) is 0 Å². The number of hydrogen-bond acceptors (Lipinski definition) is 3. The third kappa shape index (κ3) is 4.55. The summed E-state index contributed by atoms with van der Waals surface area (Å²) in [6.45, 7) is 8.34. The zero-order valence-electron chi connectivity index (χ0n) is 13.5. The smallest absolute Gasteiger partial charge is 0.337 e. The quantitative estimate of drug-likeness (QED) is 0.446. The van der Waals surface area contributed by atoms with Gasteiger partial charge in [-0.05, 0) is 56.5 Å². The highest BCUT2D eigenvalue weighted by Crippen LogP contribution is 2.42. The second-order valence-corrected chi connectivity index (χ2v) is 10.00. The maximum absolute atomic E-state index is 6.24. The molecule has 4 heteroatoms. The standard InChI is InChI=1S/C16H32O3Si/c1-4-10-17-20(6-3,18-11-5-2)12-9-14-7-8-15-16(13-14)19-15/h14-16H,4-13H2,1-3H3. The predicted molar refractivity (Wildman–Crippen MR) is 84.1 cm³/mol. The Hall–Kier alpha value is 0.0969. The van der Waals surface area contributed by atoms with Gasteiger partial charge in [-0.15, -0.1) is 0 Å². The van der Waals surface area contributed by atoms with E-state index >= 15 is 0 Å². The van der Waals surface area contributed by atoms with Crippen LogP contribution >= 0.6 is 0 Å². The lowest BCUT2D eigenvalue weighted by Crippen LogP contribution is -2.42. The summed E-state index contributed by atoms with van der Waals surface area (Å²) in [6.07, 6.45) is 8.57. The minimum absolute atomic E-state index is 0.597. The van der Waals surface area contributed by atoms with Crippen molar-refractivity contribution in [2.45, 2.75) is 83.6 Å². The molecular weight excluding hydrogens is 268 g/mol. The van der Waals surface area contributed by atoms with Crippen LogP contribution in [-0.2, 0) is 13.6 Å². The molecule has 0 aromatic carbocycles. The van der Waals surface area contributed by atoms with Crippen LogP contribution in [0.15, 0.2) is 0 Å². The van der Waals surface area contributed by atoms with Gasteiger partial charge >= 0.3 is 8.56 Å². The van der Waals surface area contributed by atoms with Crippen LogP contribution in [0.25, 0.3) is 0 Å². The van der Waals surface area contributed by atoms with Gasteiger partial charge < -0.3 is 13.6 Å². The molecular formula is C16H32O3Si. The van der Waals surface area contributed by atoms with Crippen LogP contribution in [-0.4, -0.2) is 34.0 Å². The van der Waals surface area contributed by atoms with E-state index in [9.17, 15) is 0 Å². The highest BCUT2D eigenvalue weighted by atomic mass is 28.4. The van der Waals surface area contributed by atoms with Gasteiger partial charge in [0, 0.05) is 13.2 Å². The third-order valence-corrected chi connectivity index (χ3v) is 8.31. The lowest BCUT2D eigenvalue weighted by Gasteiger charge is -2.31. The van der Waals surface area contributed by atoms with Crippen molar-refractivity contribution >= 4 is 8.56 Å². The average molecular weight is 301 g/mol. The van der Waals surface area contributed by atoms with Crippen molar-refractivity contribution in [2.75, 3.05) is 13.2 Å². The van der Waals surface area contributed by atoms with E-state index in [4.69, 9.17) is 13.6 Å². The van der Waals surface area contributed by atoms with Crippen molar-refractivity contribution in [3.8, 4) is 0 Å². The molecule has 118 valence electrons. The van der Waals surface area contributed by atoms with Gasteiger partial charge in [-0.3, -0.25) is 0 Å². The van der Waals surface area contributed by atoms with Crippen molar-refractivity contribution in [1.29, 1.82) is 0 Å². The monoisotopic (exact) mass is 300 g/mol. The largest absolute Gasteiger partial charge is 0.394 e. The first-order valence-electron chi connectivity index (χ1n) is 8.66. The molecule has 0 N–H and O–H groups in total. The van der Waals surface area contributed by atoms with Crippen molar-refractivity contribution in [2.24, 2.45) is 5.92 Å². The van der Waals surface area contributed by atoms with Gasteiger partial charge in [0.25, 0.3) is 0 Å². The maximum atomic E-state index is 6.24. The molecule has 20 heavy (non-hydrogen) atoms. The Morgan fingerprint density at radius 3 is 2.25 bits per heavy atom. The van der Waals surface area contributed by atoms with E-state index < -0.39 is 8.56 Å². The first-order valence-corrected chi connectivity index (χ1v) is 10.9. The van der Waals surface area contributed by atoms with E-state index in [1.807, 2.05) is 0 Å². The zero-order chi connectivity index (χ0) is 14.4. The summed E-state index contributed by atoms with van der Waals surface area (Å²) in [5.74, 6) is 0.840. The fourth-order valence-corrected chi connectivity index (χ4v) is 6.45. The molecule has 0 aromatic heterocycles. The molecule has 1 aliphatic carbocycles. The molecule has 0 amide bonds. The Labute approximate surface area is 125 Å². The predicted octanol–water partition coefficient (Wildman–Crippen LogP) is 4.26. The van der Waals surface area contributed by atoms with Gasteiger partial charge in [-0.25, -0.2) is 0 Å². The Balaban J connectivity index is 1.80. The first-order chi connectivity index (χ1) is 9.73. The third-order valence-electron chi connectivity index (χ3n) is 4.72. The van der Waals surface area contributed by atoms with Gasteiger partial charge in [-0.2, -0.15) is 0 Å². The van der Waals surface area contributed by atoms with Gasteiger partial charge in [0.2, 0.25) is 0 Å². The van der Waals surface area contributed by atoms with Gasteiger partial charge in [-0.1, -0.05) is 20.8 Å². The summed E-state index contributed by atoms with van der Waals surface area (Å²) in [4.78, 5) is 0. The van der Waals surface area contributed by atoms with E-state index in [2.05, 4.69) is 20.8 Å². The van der Waals surface area contributed by atoms with Crippen LogP contribution in [0.2, 0.25) is 12.1 Å². The van der Waals surface area contributed by atoms with Crippen LogP contribution in [0.3, 0.4) is 0 Å². The molecule has 3 atom stereocenters. The Kier molecular flexibility index (Phi) is 6.52. The van der Waals surface area contributed by atoms with E-state index in [1.165, 1.54) is 31.7 Å². The SMILES string of the molecule is CCCO[Si](CC)(CCC1CCC2OC2C1)OCCC. The van der Waals surface area contributed by atoms with Crippen molar-refractivity contribution in [3.63, 3.8) is 0 Å². The topological polar surface area (TPSA) is 31.0 Å². The van der Waals surface area contributed by atoms with E-state index in [0.717, 1.165) is 38.0 Å². The molecule has 1 aliphatic heterocycles. The van der Waals surface area contributed by atoms with Crippen molar-refractivity contribution in [1.82, 2.24) is 0 Å². The molecule has 2 rings (SSSR count). The lowest BCUT2D eigenvalue weighted by atomic mass is 9.88. The van der Waals surface area contributed by atoms with E-state index in [1.54, 1.807) is 0 Å². The van der Waals surface area contributed by atoms with Crippen LogP contribution in [0, 0.1) is 5.92 Å². The van der Waals surface area contributed by atoms with E-state index in [0.29, 0.717) is 12.2 Å². The van der Waals surface area contributed by atoms with Crippen LogP contribution in [0.5, 0.6) is 0 Å². The molecule has 2 aliphatic rings. The molecule has 0 spiro atoms. The first kappa shape index (κ1) is 16.5. The fourth-order valence-electron chi connectivity index (χ4n) is 3.32. The Morgan fingerprint density at radius 2 is 1.70 bits per heavy atom. The second-order valence-electron chi connectivity index (χ2n) is 6.39. The normalized spacial score (nSPS) is 29.2. The summed E-state index contributed by atoms with van der Waals surface area (Å²) in [5.41, 5.74) is 0. The average Bonchev–Trinajstić information content (AvgIpc) is 3.25. The summed E-state index contributed by atoms with van der Waals surface area (Å²) < 4.78 is 18.1. The molecule has 0 bridgehead atoms. The summed E-state index contributed by atoms with van der Waals surface area (Å²) in [6, 6.07) is 2.26. The van der Waals surface area contributed by atoms with Crippen LogP contribution in [0.1, 0.15) is 59.3 Å². The second kappa shape index (κ2) is 7.92. The highest BCUT2D eigenvalue weighted by molar-refractivity contribution is 6.67. The number of hydrogen-bond donors (Lipinski definition) is 0. The number of fused-ring (bicyclic) bond motifs is 1. The molecule has 0 aromatic rings. The van der Waals surface area contributed by atoms with Crippen LogP contribution < -0.4 is 0 Å². The Morgan fingerprint density at radius 1 is 1.00 bits per heavy atom. The molecule has 1 saturated heterocycles. The number of ether oxygens (including phenoxy) is 1. The maximum Gasteiger partial charge on any atom is 0.337 e. The summed E-state index contributed by atoms with van der Waals surface area (Å²) in [5, 5.41) is 0. The minimum Gasteiger partial charge on any atom is -0.394 e. The van der Waals surface area contributed by atoms with Gasteiger partial charge in [0.1, 0.15) is 0 Å². The summed E-state index contributed by atoms with van der Waals surface area (Å²) >= 11 is 0. The molecule has 0 radical (unpaired) electrons. The minimum atomic E-state index is -1.94. The fraction of sp³-hybridized carbons (Fsp3) is 1.00. The van der Waals surface area contributed by atoms with Crippen molar-refractivity contribution < 1.29 is 13.6 Å². The lowest BCUT2D eigenvalue weighted by molar-refractivity contribution is 0.164. The molecule has 1 heterocycles. The highest BCUT2D eigenvalue weighted by Gasteiger charge is 2.44. The number of epoxide rings is 1. The molecule has 2 fully saturated rings. The molecule has 1 saturated carbocycles. The summed E-state index contributed by atoms with van der Waals surface area (Å²) in [7, 11) is -1.94. The zero-order valence-corrected chi connectivity index (χ0v) is 14.5. The van der Waals surface area contributed by atoms with Crippen LogP contribution in [0.4, 0.5) is 0 Å². The van der Waals surface area contributed by atoms with Gasteiger partial charge in [0.05, 0.1) is 12.2 Å². The number of rotatable bonds is 10.